The Bertz CT molecular complexity index is 856. The molecule has 9 heteroatoms. The molecular weight excluding hydrogens is 312 g/mol. The van der Waals surface area contributed by atoms with Gasteiger partial charge in [-0.25, -0.2) is 13.1 Å². The highest BCUT2D eigenvalue weighted by molar-refractivity contribution is 7.90. The summed E-state index contributed by atoms with van der Waals surface area (Å²) in [4.78, 5) is 4.63. The van der Waals surface area contributed by atoms with E-state index in [0.29, 0.717) is 10.3 Å². The van der Waals surface area contributed by atoms with E-state index in [1.165, 1.54) is 11.3 Å². The molecule has 0 aliphatic carbocycles. The molecule has 0 radical (unpaired) electrons. The summed E-state index contributed by atoms with van der Waals surface area (Å²) in [5.41, 5.74) is 5.68. The number of thiophene rings is 1. The zero-order chi connectivity index (χ0) is 14.9. The standard InChI is InChI=1S/C12H12N4O3S2/c13-5-10-12(8-3-1-2-4-9(8)20-10)21(17,18)15-6-11-14-7-19-16-11/h1-4,7,15H,5-6,13H2. The third-order valence-electron chi connectivity index (χ3n) is 2.90. The van der Waals surface area contributed by atoms with E-state index in [9.17, 15) is 8.42 Å². The first kappa shape index (κ1) is 14.1. The minimum absolute atomic E-state index is 0.0347. The van der Waals surface area contributed by atoms with Gasteiger partial charge in [0, 0.05) is 21.5 Å². The van der Waals surface area contributed by atoms with E-state index in [-0.39, 0.29) is 23.8 Å². The molecule has 0 bridgehead atoms. The van der Waals surface area contributed by atoms with Crippen LogP contribution in [0.1, 0.15) is 10.7 Å². The second-order valence-electron chi connectivity index (χ2n) is 4.23. The van der Waals surface area contributed by atoms with Gasteiger partial charge in [0.05, 0.1) is 6.54 Å². The molecular formula is C12H12N4O3S2. The lowest BCUT2D eigenvalue weighted by Crippen LogP contribution is -2.24. The first-order valence-corrected chi connectivity index (χ1v) is 8.37. The maximum atomic E-state index is 12.5. The molecule has 3 rings (SSSR count). The van der Waals surface area contributed by atoms with Crippen molar-refractivity contribution in [3.63, 3.8) is 0 Å². The van der Waals surface area contributed by atoms with Crippen LogP contribution in [0.2, 0.25) is 0 Å². The topological polar surface area (TPSA) is 111 Å². The molecule has 0 unspecified atom stereocenters. The van der Waals surface area contributed by atoms with Gasteiger partial charge in [0.2, 0.25) is 16.4 Å². The number of hydrogen-bond donors (Lipinski definition) is 2. The summed E-state index contributed by atoms with van der Waals surface area (Å²) in [6, 6.07) is 7.31. The van der Waals surface area contributed by atoms with Crippen molar-refractivity contribution in [3.05, 3.63) is 41.4 Å². The SMILES string of the molecule is NCc1sc2ccccc2c1S(=O)(=O)NCc1ncon1. The van der Waals surface area contributed by atoms with E-state index in [0.717, 1.165) is 11.1 Å². The van der Waals surface area contributed by atoms with E-state index in [2.05, 4.69) is 19.4 Å². The summed E-state index contributed by atoms with van der Waals surface area (Å²) in [5.74, 6) is 0.271. The van der Waals surface area contributed by atoms with Gasteiger partial charge in [-0.15, -0.1) is 11.3 Å². The van der Waals surface area contributed by atoms with Crippen LogP contribution in [-0.4, -0.2) is 18.6 Å². The lowest BCUT2D eigenvalue weighted by Gasteiger charge is -2.06. The van der Waals surface area contributed by atoms with Crippen LogP contribution in [0.4, 0.5) is 0 Å². The number of sulfonamides is 1. The van der Waals surface area contributed by atoms with Crippen LogP contribution in [0, 0.1) is 0 Å². The van der Waals surface area contributed by atoms with Crippen molar-refractivity contribution in [2.75, 3.05) is 0 Å². The molecule has 0 aliphatic rings. The Morgan fingerprint density at radius 1 is 1.33 bits per heavy atom. The van der Waals surface area contributed by atoms with Gasteiger partial charge >= 0.3 is 0 Å². The average Bonchev–Trinajstić information content (AvgIpc) is 3.12. The summed E-state index contributed by atoms with van der Waals surface area (Å²) < 4.78 is 33.0. The number of nitrogens with two attached hydrogens (primary N) is 1. The van der Waals surface area contributed by atoms with Crippen LogP contribution < -0.4 is 10.5 Å². The third kappa shape index (κ3) is 2.68. The van der Waals surface area contributed by atoms with Gasteiger partial charge in [-0.2, -0.15) is 4.98 Å². The van der Waals surface area contributed by atoms with Crippen LogP contribution in [0.3, 0.4) is 0 Å². The van der Waals surface area contributed by atoms with E-state index in [1.54, 1.807) is 12.1 Å². The van der Waals surface area contributed by atoms with Crippen molar-refractivity contribution in [2.24, 2.45) is 5.73 Å². The Morgan fingerprint density at radius 2 is 2.14 bits per heavy atom. The van der Waals surface area contributed by atoms with Crippen molar-refractivity contribution in [3.8, 4) is 0 Å². The van der Waals surface area contributed by atoms with Crippen LogP contribution in [0.5, 0.6) is 0 Å². The Labute approximate surface area is 124 Å². The first-order chi connectivity index (χ1) is 10.1. The molecule has 0 spiro atoms. The number of nitrogens with zero attached hydrogens (tertiary/aromatic N) is 2. The highest BCUT2D eigenvalue weighted by Crippen LogP contribution is 2.34. The first-order valence-electron chi connectivity index (χ1n) is 6.07. The molecule has 0 saturated carbocycles. The van der Waals surface area contributed by atoms with Gasteiger partial charge in [-0.1, -0.05) is 23.4 Å². The maximum Gasteiger partial charge on any atom is 0.242 e. The lowest BCUT2D eigenvalue weighted by molar-refractivity contribution is 0.409. The van der Waals surface area contributed by atoms with Crippen LogP contribution in [0.25, 0.3) is 10.1 Å². The van der Waals surface area contributed by atoms with Gasteiger partial charge in [0.1, 0.15) is 4.90 Å². The summed E-state index contributed by atoms with van der Waals surface area (Å²) in [6.45, 7) is 0.130. The number of rotatable bonds is 5. The Balaban J connectivity index is 2.01. The van der Waals surface area contributed by atoms with Gasteiger partial charge in [0.15, 0.2) is 5.82 Å². The molecule has 0 fully saturated rings. The smallest absolute Gasteiger partial charge is 0.242 e. The number of benzene rings is 1. The fraction of sp³-hybridized carbons (Fsp3) is 0.167. The fourth-order valence-electron chi connectivity index (χ4n) is 2.00. The Morgan fingerprint density at radius 3 is 2.86 bits per heavy atom. The molecule has 2 aromatic heterocycles. The maximum absolute atomic E-state index is 12.5. The zero-order valence-electron chi connectivity index (χ0n) is 10.8. The Kier molecular flexibility index (Phi) is 3.72. The zero-order valence-corrected chi connectivity index (χ0v) is 12.4. The molecule has 3 aromatic rings. The second kappa shape index (κ2) is 5.53. The van der Waals surface area contributed by atoms with Crippen LogP contribution >= 0.6 is 11.3 Å². The van der Waals surface area contributed by atoms with Crippen molar-refractivity contribution in [2.45, 2.75) is 18.0 Å². The van der Waals surface area contributed by atoms with E-state index < -0.39 is 10.0 Å². The van der Waals surface area contributed by atoms with Crippen LogP contribution in [-0.2, 0) is 23.1 Å². The molecule has 0 saturated heterocycles. The molecule has 0 aliphatic heterocycles. The average molecular weight is 324 g/mol. The third-order valence-corrected chi connectivity index (χ3v) is 5.75. The number of nitrogens with one attached hydrogen (secondary N) is 1. The van der Waals surface area contributed by atoms with E-state index >= 15 is 0 Å². The molecule has 0 amide bonds. The number of fused-ring (bicyclic) bond motifs is 1. The minimum Gasteiger partial charge on any atom is -0.343 e. The highest BCUT2D eigenvalue weighted by atomic mass is 32.2. The van der Waals surface area contributed by atoms with Gasteiger partial charge in [0.25, 0.3) is 0 Å². The summed E-state index contributed by atoms with van der Waals surface area (Å²) in [7, 11) is -3.70. The summed E-state index contributed by atoms with van der Waals surface area (Å²) in [6.07, 6.45) is 1.15. The van der Waals surface area contributed by atoms with Crippen molar-refractivity contribution in [1.82, 2.24) is 14.9 Å². The number of aromatic nitrogens is 2. The molecule has 21 heavy (non-hydrogen) atoms. The molecule has 110 valence electrons. The molecule has 1 aromatic carbocycles. The molecule has 0 atom stereocenters. The second-order valence-corrected chi connectivity index (χ2v) is 7.07. The monoisotopic (exact) mass is 324 g/mol. The van der Waals surface area contributed by atoms with Crippen molar-refractivity contribution < 1.29 is 12.9 Å². The van der Waals surface area contributed by atoms with Gasteiger partial charge < -0.3 is 10.3 Å². The van der Waals surface area contributed by atoms with Crippen LogP contribution in [0.15, 0.2) is 40.1 Å². The van der Waals surface area contributed by atoms with E-state index in [4.69, 9.17) is 5.73 Å². The minimum atomic E-state index is -3.70. The normalized spacial score (nSPS) is 12.0. The summed E-state index contributed by atoms with van der Waals surface area (Å²) >= 11 is 1.38. The quantitative estimate of drug-likeness (QED) is 0.730. The van der Waals surface area contributed by atoms with Crippen molar-refractivity contribution >= 4 is 31.4 Å². The fourth-order valence-corrected chi connectivity index (χ4v) is 4.81. The lowest BCUT2D eigenvalue weighted by atomic mass is 10.2. The van der Waals surface area contributed by atoms with Gasteiger partial charge in [-0.3, -0.25) is 0 Å². The highest BCUT2D eigenvalue weighted by Gasteiger charge is 2.24. The molecule has 7 nitrogen and oxygen atoms in total. The van der Waals surface area contributed by atoms with Crippen molar-refractivity contribution in [1.29, 1.82) is 0 Å². The predicted molar refractivity (Wildman–Crippen MR) is 78.0 cm³/mol. The molecule has 3 N–H and O–H groups in total. The Hall–Kier alpha value is -1.81. The molecule has 2 heterocycles. The largest absolute Gasteiger partial charge is 0.343 e. The summed E-state index contributed by atoms with van der Waals surface area (Å²) in [5, 5.41) is 4.24. The van der Waals surface area contributed by atoms with E-state index in [1.807, 2.05) is 12.1 Å². The van der Waals surface area contributed by atoms with Gasteiger partial charge in [-0.05, 0) is 6.07 Å². The number of hydrogen-bond acceptors (Lipinski definition) is 7. The predicted octanol–water partition coefficient (Wildman–Crippen LogP) is 1.22.